The second-order valence-corrected chi connectivity index (χ2v) is 8.07. The Morgan fingerprint density at radius 3 is 1.77 bits per heavy atom. The molecule has 0 aromatic heterocycles. The summed E-state index contributed by atoms with van der Waals surface area (Å²) in [6.07, 6.45) is -0.494. The van der Waals surface area contributed by atoms with E-state index in [0.717, 1.165) is 11.1 Å². The summed E-state index contributed by atoms with van der Waals surface area (Å²) in [4.78, 5) is 14.9. The Morgan fingerprint density at radius 2 is 1.26 bits per heavy atom. The summed E-state index contributed by atoms with van der Waals surface area (Å²) >= 11 is 0. The summed E-state index contributed by atoms with van der Waals surface area (Å²) in [5.74, 6) is 0.111. The second kappa shape index (κ2) is 10.5. The molecule has 0 aliphatic carbocycles. The topological polar surface area (TPSA) is 38.8 Å². The maximum atomic E-state index is 12.7. The van der Waals surface area contributed by atoms with Crippen molar-refractivity contribution < 1.29 is 14.3 Å². The number of carbonyl (C=O) groups is 1. The fourth-order valence-electron chi connectivity index (χ4n) is 4.22. The van der Waals surface area contributed by atoms with E-state index in [1.807, 2.05) is 66.7 Å². The molecule has 1 saturated heterocycles. The summed E-state index contributed by atoms with van der Waals surface area (Å²) in [7, 11) is 0. The average Bonchev–Trinajstić information content (AvgIpc) is 3.15. The molecule has 3 aromatic carbocycles. The van der Waals surface area contributed by atoms with Gasteiger partial charge in [0.25, 0.3) is 0 Å². The van der Waals surface area contributed by atoms with Gasteiger partial charge in [0.1, 0.15) is 11.9 Å². The molecule has 0 bridgehead atoms. The lowest BCUT2D eigenvalue weighted by Crippen LogP contribution is -2.43. The van der Waals surface area contributed by atoms with Gasteiger partial charge in [-0.05, 0) is 23.6 Å². The molecule has 0 unspecified atom stereocenters. The largest absolute Gasteiger partial charge is 0.369 e. The minimum atomic E-state index is -0.329. The van der Waals surface area contributed by atoms with E-state index < -0.39 is 0 Å². The number of ether oxygens (including phenoxy) is 2. The van der Waals surface area contributed by atoms with Crippen molar-refractivity contribution in [2.45, 2.75) is 44.9 Å². The first-order valence-electron chi connectivity index (χ1n) is 10.8. The smallest absolute Gasteiger partial charge is 0.149 e. The molecule has 4 heteroatoms. The van der Waals surface area contributed by atoms with Gasteiger partial charge in [-0.15, -0.1) is 0 Å². The first-order chi connectivity index (χ1) is 15.2. The standard InChI is InChI=1S/C27H29NO3/c1-21(29)26-27(31-20-24-15-9-4-10-16-24)25(30-19-23-13-7-3-8-14-23)18-28(26)17-22-11-5-2-6-12-22/h2-16,25-27H,17-20H2,1H3/t25-,26+,27+/m1/s1. The van der Waals surface area contributed by atoms with E-state index in [4.69, 9.17) is 9.47 Å². The van der Waals surface area contributed by atoms with Gasteiger partial charge in [-0.3, -0.25) is 9.69 Å². The normalized spacial score (nSPS) is 21.3. The zero-order valence-corrected chi connectivity index (χ0v) is 17.9. The van der Waals surface area contributed by atoms with Crippen LogP contribution >= 0.6 is 0 Å². The predicted octanol–water partition coefficient (Wildman–Crippen LogP) is 4.63. The van der Waals surface area contributed by atoms with Crippen molar-refractivity contribution >= 4 is 5.78 Å². The maximum Gasteiger partial charge on any atom is 0.149 e. The summed E-state index contributed by atoms with van der Waals surface area (Å²) in [5.41, 5.74) is 3.39. The molecular weight excluding hydrogens is 386 g/mol. The molecule has 0 radical (unpaired) electrons. The van der Waals surface area contributed by atoms with Crippen molar-refractivity contribution in [1.82, 2.24) is 4.90 Å². The zero-order chi connectivity index (χ0) is 21.5. The van der Waals surface area contributed by atoms with Crippen molar-refractivity contribution in [3.8, 4) is 0 Å². The summed E-state index contributed by atoms with van der Waals surface area (Å²) in [5, 5.41) is 0. The summed E-state index contributed by atoms with van der Waals surface area (Å²) < 4.78 is 12.7. The third kappa shape index (κ3) is 5.67. The number of nitrogens with zero attached hydrogens (tertiary/aromatic N) is 1. The molecule has 1 aliphatic heterocycles. The van der Waals surface area contributed by atoms with Gasteiger partial charge < -0.3 is 9.47 Å². The summed E-state index contributed by atoms with van der Waals surface area (Å²) in [6.45, 7) is 3.97. The first kappa shape index (κ1) is 21.4. The minimum absolute atomic E-state index is 0.111. The highest BCUT2D eigenvalue weighted by atomic mass is 16.5. The van der Waals surface area contributed by atoms with Gasteiger partial charge in [-0.2, -0.15) is 0 Å². The monoisotopic (exact) mass is 415 g/mol. The number of benzene rings is 3. The fraction of sp³-hybridized carbons (Fsp3) is 0.296. The lowest BCUT2D eigenvalue weighted by atomic mass is 10.1. The molecule has 0 amide bonds. The highest BCUT2D eigenvalue weighted by molar-refractivity contribution is 5.82. The van der Waals surface area contributed by atoms with Gasteiger partial charge in [0.2, 0.25) is 0 Å². The maximum absolute atomic E-state index is 12.7. The van der Waals surface area contributed by atoms with Gasteiger partial charge in [-0.1, -0.05) is 91.0 Å². The number of ketones is 1. The Hall–Kier alpha value is -2.79. The molecule has 1 fully saturated rings. The minimum Gasteiger partial charge on any atom is -0.369 e. The van der Waals surface area contributed by atoms with Gasteiger partial charge >= 0.3 is 0 Å². The van der Waals surface area contributed by atoms with Crippen LogP contribution in [0.4, 0.5) is 0 Å². The van der Waals surface area contributed by atoms with Crippen LogP contribution in [0.25, 0.3) is 0 Å². The predicted molar refractivity (Wildman–Crippen MR) is 121 cm³/mol. The van der Waals surface area contributed by atoms with Crippen molar-refractivity contribution in [3.05, 3.63) is 108 Å². The highest BCUT2D eigenvalue weighted by Gasteiger charge is 2.45. The second-order valence-electron chi connectivity index (χ2n) is 8.07. The van der Waals surface area contributed by atoms with Crippen LogP contribution in [0.2, 0.25) is 0 Å². The van der Waals surface area contributed by atoms with Crippen LogP contribution in [0.3, 0.4) is 0 Å². The molecule has 1 heterocycles. The molecule has 0 saturated carbocycles. The SMILES string of the molecule is CC(=O)[C@H]1[C@@H](OCc2ccccc2)[C@H](OCc2ccccc2)CN1Cc1ccccc1. The van der Waals surface area contributed by atoms with E-state index in [9.17, 15) is 4.79 Å². The van der Waals surface area contributed by atoms with Crippen molar-refractivity contribution in [3.63, 3.8) is 0 Å². The number of hydrogen-bond donors (Lipinski definition) is 0. The molecule has 4 nitrogen and oxygen atoms in total. The van der Waals surface area contributed by atoms with Crippen molar-refractivity contribution in [2.24, 2.45) is 0 Å². The van der Waals surface area contributed by atoms with E-state index in [1.165, 1.54) is 5.56 Å². The first-order valence-corrected chi connectivity index (χ1v) is 10.8. The van der Waals surface area contributed by atoms with Crippen LogP contribution in [0.5, 0.6) is 0 Å². The van der Waals surface area contributed by atoms with E-state index >= 15 is 0 Å². The Bertz CT molecular complexity index is 946. The highest BCUT2D eigenvalue weighted by Crippen LogP contribution is 2.28. The van der Waals surface area contributed by atoms with E-state index in [1.54, 1.807) is 6.92 Å². The summed E-state index contributed by atoms with van der Waals surface area (Å²) in [6, 6.07) is 30.1. The van der Waals surface area contributed by atoms with Gasteiger partial charge in [0.15, 0.2) is 0 Å². The number of hydrogen-bond acceptors (Lipinski definition) is 4. The zero-order valence-electron chi connectivity index (χ0n) is 17.9. The molecule has 0 N–H and O–H groups in total. The number of likely N-dealkylation sites (tertiary alicyclic amines) is 1. The third-order valence-electron chi connectivity index (χ3n) is 5.72. The molecule has 31 heavy (non-hydrogen) atoms. The van der Waals surface area contributed by atoms with Gasteiger partial charge in [-0.25, -0.2) is 0 Å². The van der Waals surface area contributed by atoms with Crippen molar-refractivity contribution in [1.29, 1.82) is 0 Å². The quantitative estimate of drug-likeness (QED) is 0.511. The average molecular weight is 416 g/mol. The van der Waals surface area contributed by atoms with Crippen LogP contribution in [-0.2, 0) is 34.0 Å². The fourth-order valence-corrected chi connectivity index (χ4v) is 4.22. The van der Waals surface area contributed by atoms with Crippen LogP contribution in [0.15, 0.2) is 91.0 Å². The lowest BCUT2D eigenvalue weighted by molar-refractivity contribution is -0.128. The van der Waals surface area contributed by atoms with Crippen molar-refractivity contribution in [2.75, 3.05) is 6.54 Å². The van der Waals surface area contributed by atoms with Crippen LogP contribution in [0.1, 0.15) is 23.6 Å². The van der Waals surface area contributed by atoms with Crippen LogP contribution in [-0.4, -0.2) is 35.5 Å². The Labute approximate surface area is 184 Å². The third-order valence-corrected chi connectivity index (χ3v) is 5.72. The van der Waals surface area contributed by atoms with E-state index in [0.29, 0.717) is 26.3 Å². The number of carbonyl (C=O) groups excluding carboxylic acids is 1. The molecule has 3 atom stereocenters. The van der Waals surface area contributed by atoms with Gasteiger partial charge in [0, 0.05) is 13.1 Å². The van der Waals surface area contributed by atoms with Crippen LogP contribution < -0.4 is 0 Å². The Kier molecular flexibility index (Phi) is 7.26. The molecule has 160 valence electrons. The number of Topliss-reactive ketones (excluding diaryl/α,β-unsaturated/α-hetero) is 1. The Morgan fingerprint density at radius 1 is 0.774 bits per heavy atom. The Balaban J connectivity index is 1.52. The number of rotatable bonds is 9. The van der Waals surface area contributed by atoms with Crippen LogP contribution in [0, 0.1) is 0 Å². The van der Waals surface area contributed by atoms with E-state index in [-0.39, 0.29) is 24.0 Å². The molecule has 4 rings (SSSR count). The molecular formula is C27H29NO3. The molecule has 0 spiro atoms. The molecule has 3 aromatic rings. The van der Waals surface area contributed by atoms with Gasteiger partial charge in [0.05, 0.1) is 25.4 Å². The van der Waals surface area contributed by atoms with E-state index in [2.05, 4.69) is 29.2 Å². The molecule has 1 aliphatic rings. The lowest BCUT2D eigenvalue weighted by Gasteiger charge is -2.26.